The summed E-state index contributed by atoms with van der Waals surface area (Å²) in [5.74, 6) is -0.459. The van der Waals surface area contributed by atoms with E-state index in [0.717, 1.165) is 0 Å². The summed E-state index contributed by atoms with van der Waals surface area (Å²) in [6, 6.07) is 15.3. The van der Waals surface area contributed by atoms with E-state index >= 15 is 0 Å². The number of Topliss-reactive ketones (excluding diaryl/α,β-unsaturated/α-hetero) is 1. The van der Waals surface area contributed by atoms with Crippen LogP contribution in [0.2, 0.25) is 0 Å². The fraction of sp³-hybridized carbons (Fsp3) is 0.120. The highest BCUT2D eigenvalue weighted by molar-refractivity contribution is 6.33. The average molecular weight is 410 g/mol. The minimum atomic E-state index is -1.07. The topological polar surface area (TPSA) is 87.5 Å². The molecule has 1 amide bonds. The first-order valence-electron chi connectivity index (χ1n) is 9.56. The van der Waals surface area contributed by atoms with E-state index in [1.54, 1.807) is 67.7 Å². The monoisotopic (exact) mass is 410 g/mol. The summed E-state index contributed by atoms with van der Waals surface area (Å²) < 4.78 is 5.15. The van der Waals surface area contributed by atoms with Gasteiger partial charge in [0.1, 0.15) is 11.3 Å². The van der Waals surface area contributed by atoms with Crippen molar-refractivity contribution in [3.63, 3.8) is 0 Å². The van der Waals surface area contributed by atoms with Gasteiger partial charge in [-0.15, -0.1) is 0 Å². The van der Waals surface area contributed by atoms with Gasteiger partial charge in [0.05, 0.1) is 24.3 Å². The molecule has 31 heavy (non-hydrogen) atoms. The number of allylic oxidation sites excluding steroid dienone is 2. The van der Waals surface area contributed by atoms with E-state index in [9.17, 15) is 14.4 Å². The fourth-order valence-corrected chi connectivity index (χ4v) is 3.91. The Morgan fingerprint density at radius 3 is 2.16 bits per heavy atom. The molecular formula is C25H18N2O4. The van der Waals surface area contributed by atoms with Crippen molar-refractivity contribution in [1.29, 1.82) is 5.26 Å². The van der Waals surface area contributed by atoms with Crippen LogP contribution in [0, 0.1) is 11.3 Å². The number of ether oxygens (including phenoxy) is 1. The molecule has 1 spiro atoms. The van der Waals surface area contributed by atoms with Gasteiger partial charge in [-0.2, -0.15) is 5.26 Å². The zero-order valence-corrected chi connectivity index (χ0v) is 17.0. The smallest absolute Gasteiger partial charge is 0.259 e. The normalized spacial score (nSPS) is 16.7. The number of rotatable bonds is 4. The molecule has 0 unspecified atom stereocenters. The largest absolute Gasteiger partial charge is 0.497 e. The third kappa shape index (κ3) is 3.17. The number of benzene rings is 2. The van der Waals surface area contributed by atoms with E-state index < -0.39 is 17.2 Å². The molecule has 1 aliphatic carbocycles. The molecule has 6 nitrogen and oxygen atoms in total. The van der Waals surface area contributed by atoms with Crippen LogP contribution in [0.15, 0.2) is 78.4 Å². The van der Waals surface area contributed by atoms with Gasteiger partial charge in [-0.1, -0.05) is 12.1 Å². The second kappa shape index (κ2) is 7.54. The molecule has 0 N–H and O–H groups in total. The molecule has 2 aromatic carbocycles. The molecular weight excluding hydrogens is 392 g/mol. The number of hydrogen-bond acceptors (Lipinski definition) is 5. The number of methoxy groups -OCH3 is 1. The molecule has 0 aromatic heterocycles. The molecule has 0 radical (unpaired) electrons. The lowest BCUT2D eigenvalue weighted by atomic mass is 9.80. The van der Waals surface area contributed by atoms with Gasteiger partial charge in [0.2, 0.25) is 0 Å². The van der Waals surface area contributed by atoms with Crippen LogP contribution >= 0.6 is 0 Å². The summed E-state index contributed by atoms with van der Waals surface area (Å²) in [6.07, 6.45) is 6.06. The minimum Gasteiger partial charge on any atom is -0.497 e. The van der Waals surface area contributed by atoms with Crippen LogP contribution in [0.25, 0.3) is 5.57 Å². The van der Waals surface area contributed by atoms with E-state index in [1.807, 2.05) is 0 Å². The Kier molecular flexibility index (Phi) is 4.88. The van der Waals surface area contributed by atoms with E-state index in [0.29, 0.717) is 28.0 Å². The number of likely N-dealkylation sites (N-methyl/N-ethyl adjacent to an activating group) is 1. The summed E-state index contributed by atoms with van der Waals surface area (Å²) in [6.45, 7) is 0. The van der Waals surface area contributed by atoms with Gasteiger partial charge >= 0.3 is 0 Å². The number of hydrogen-bond donors (Lipinski definition) is 0. The van der Waals surface area contributed by atoms with Gasteiger partial charge in [-0.3, -0.25) is 14.4 Å². The quantitative estimate of drug-likeness (QED) is 0.571. The lowest BCUT2D eigenvalue weighted by molar-refractivity contribution is -0.126. The first-order valence-corrected chi connectivity index (χ1v) is 9.56. The number of amides is 1. The third-order valence-electron chi connectivity index (χ3n) is 5.61. The van der Waals surface area contributed by atoms with Crippen LogP contribution in [-0.2, 0) is 9.59 Å². The molecule has 2 aromatic rings. The van der Waals surface area contributed by atoms with E-state index in [-0.39, 0.29) is 11.4 Å². The second-order valence-electron chi connectivity index (χ2n) is 7.26. The zero-order valence-electron chi connectivity index (χ0n) is 17.0. The zero-order chi connectivity index (χ0) is 22.2. The van der Waals surface area contributed by atoms with E-state index in [1.165, 1.54) is 24.2 Å². The van der Waals surface area contributed by atoms with Crippen molar-refractivity contribution >= 4 is 23.0 Å². The third-order valence-corrected chi connectivity index (χ3v) is 5.61. The highest BCUT2D eigenvalue weighted by Gasteiger charge is 2.50. The number of ketones is 2. The molecule has 6 heteroatoms. The minimum absolute atomic E-state index is 0.0287. The SMILES string of the molecule is COc1ccc(C(=O)C2=C(c3ccc(C#N)cc3)C3(C=CC(=O)C=C3)N(C)C2=O)cc1. The molecule has 1 heterocycles. The fourth-order valence-electron chi connectivity index (χ4n) is 3.91. The summed E-state index contributed by atoms with van der Waals surface area (Å²) >= 11 is 0. The number of nitriles is 1. The standard InChI is InChI=1S/C25H18N2O4/c1-27-24(30)21(23(29)18-7-9-20(31-2)10-8-18)22(17-5-3-16(15-26)4-6-17)25(27)13-11-19(28)12-14-25/h3-14H,1-2H3. The maximum absolute atomic E-state index is 13.5. The predicted octanol–water partition coefficient (Wildman–Crippen LogP) is 3.11. The second-order valence-corrected chi connectivity index (χ2v) is 7.26. The number of carbonyl (C=O) groups is 3. The van der Waals surface area contributed by atoms with Crippen molar-refractivity contribution in [3.8, 4) is 11.8 Å². The predicted molar refractivity (Wildman–Crippen MR) is 114 cm³/mol. The van der Waals surface area contributed by atoms with Gasteiger partial charge in [-0.25, -0.2) is 0 Å². The summed E-state index contributed by atoms with van der Waals surface area (Å²) in [7, 11) is 3.13. The van der Waals surface area contributed by atoms with Gasteiger partial charge < -0.3 is 9.64 Å². The van der Waals surface area contributed by atoms with Gasteiger partial charge in [0, 0.05) is 18.2 Å². The van der Waals surface area contributed by atoms with Gasteiger partial charge in [0.15, 0.2) is 11.6 Å². The average Bonchev–Trinajstić information content (AvgIpc) is 3.02. The van der Waals surface area contributed by atoms with Crippen LogP contribution < -0.4 is 4.74 Å². The molecule has 0 saturated carbocycles. The highest BCUT2D eigenvalue weighted by Crippen LogP contribution is 2.45. The Morgan fingerprint density at radius 1 is 1.00 bits per heavy atom. The van der Waals surface area contributed by atoms with Crippen LogP contribution in [0.3, 0.4) is 0 Å². The maximum atomic E-state index is 13.5. The molecule has 0 fully saturated rings. The first-order chi connectivity index (χ1) is 14.9. The molecule has 0 saturated heterocycles. The van der Waals surface area contributed by atoms with Crippen LogP contribution in [0.4, 0.5) is 0 Å². The summed E-state index contributed by atoms with van der Waals surface area (Å²) in [4.78, 5) is 40.1. The Bertz CT molecular complexity index is 1210. The Hall–Kier alpha value is -4.24. The van der Waals surface area contributed by atoms with E-state index in [4.69, 9.17) is 10.00 Å². The molecule has 2 aliphatic rings. The van der Waals surface area contributed by atoms with Crippen molar-refractivity contribution in [2.75, 3.05) is 14.2 Å². The van der Waals surface area contributed by atoms with E-state index in [2.05, 4.69) is 6.07 Å². The van der Waals surface area contributed by atoms with Crippen molar-refractivity contribution in [2.45, 2.75) is 5.54 Å². The molecule has 1 aliphatic heterocycles. The van der Waals surface area contributed by atoms with Gasteiger partial charge in [0.25, 0.3) is 5.91 Å². The van der Waals surface area contributed by atoms with Crippen molar-refractivity contribution in [2.24, 2.45) is 0 Å². The Morgan fingerprint density at radius 2 is 1.61 bits per heavy atom. The van der Waals surface area contributed by atoms with Crippen molar-refractivity contribution in [1.82, 2.24) is 4.90 Å². The van der Waals surface area contributed by atoms with Gasteiger partial charge in [-0.05, 0) is 66.3 Å². The maximum Gasteiger partial charge on any atom is 0.259 e. The molecule has 4 rings (SSSR count). The Balaban J connectivity index is 1.95. The van der Waals surface area contributed by atoms with Crippen LogP contribution in [0.5, 0.6) is 5.75 Å². The molecule has 0 bridgehead atoms. The number of carbonyl (C=O) groups excluding carboxylic acids is 3. The van der Waals surface area contributed by atoms with Crippen LogP contribution in [0.1, 0.15) is 21.5 Å². The first kappa shape index (κ1) is 20.0. The summed E-state index contributed by atoms with van der Waals surface area (Å²) in [5, 5.41) is 9.13. The lowest BCUT2D eigenvalue weighted by Gasteiger charge is -2.34. The van der Waals surface area contributed by atoms with Crippen LogP contribution in [-0.4, -0.2) is 42.1 Å². The summed E-state index contributed by atoms with van der Waals surface area (Å²) in [5.41, 5.74) is 0.865. The number of nitrogens with zero attached hydrogens (tertiary/aromatic N) is 2. The van der Waals surface area contributed by atoms with Crippen molar-refractivity contribution in [3.05, 3.63) is 95.1 Å². The lowest BCUT2D eigenvalue weighted by Crippen LogP contribution is -2.43. The van der Waals surface area contributed by atoms with Crippen molar-refractivity contribution < 1.29 is 19.1 Å². The Labute approximate surface area is 179 Å². The highest BCUT2D eigenvalue weighted by atomic mass is 16.5. The molecule has 152 valence electrons. The molecule has 0 atom stereocenters.